The highest BCUT2D eigenvalue weighted by Gasteiger charge is 2.14. The van der Waals surface area contributed by atoms with Crippen LogP contribution in [0.3, 0.4) is 0 Å². The minimum Gasteiger partial charge on any atom is -0.372 e. The number of hydrogen-bond acceptors (Lipinski definition) is 3. The van der Waals surface area contributed by atoms with Gasteiger partial charge in [0.25, 0.3) is 0 Å². The zero-order valence-corrected chi connectivity index (χ0v) is 12.1. The zero-order valence-electron chi connectivity index (χ0n) is 10.5. The Morgan fingerprint density at radius 2 is 2.00 bits per heavy atom. The van der Waals surface area contributed by atoms with Gasteiger partial charge in [-0.25, -0.2) is 9.97 Å². The van der Waals surface area contributed by atoms with Gasteiger partial charge in [-0.3, -0.25) is 0 Å². The third kappa shape index (κ3) is 2.94. The quantitative estimate of drug-likeness (QED) is 0.895. The predicted molar refractivity (Wildman–Crippen MR) is 72.0 cm³/mol. The van der Waals surface area contributed by atoms with Gasteiger partial charge in [0.05, 0.1) is 10.2 Å². The molecule has 90 valence electrons. The number of rotatable bonds is 5. The van der Waals surface area contributed by atoms with Gasteiger partial charge in [0, 0.05) is 13.0 Å². The molecule has 0 aliphatic rings. The van der Waals surface area contributed by atoms with Crippen molar-refractivity contribution in [3.8, 4) is 0 Å². The third-order valence-electron chi connectivity index (χ3n) is 2.71. The second-order valence-corrected chi connectivity index (χ2v) is 4.79. The van der Waals surface area contributed by atoms with E-state index >= 15 is 0 Å². The molecule has 0 aromatic carbocycles. The fourth-order valence-electron chi connectivity index (χ4n) is 1.48. The van der Waals surface area contributed by atoms with Crippen LogP contribution in [0, 0.1) is 0 Å². The summed E-state index contributed by atoms with van der Waals surface area (Å²) in [5.74, 6) is 2.25. The van der Waals surface area contributed by atoms with Gasteiger partial charge in [0.15, 0.2) is 0 Å². The molecular weight excluding hydrogens is 266 g/mol. The molecule has 16 heavy (non-hydrogen) atoms. The van der Waals surface area contributed by atoms with Crippen LogP contribution in [0.25, 0.3) is 0 Å². The number of hydrogen-bond donors (Lipinski definition) is 1. The molecule has 4 heteroatoms. The van der Waals surface area contributed by atoms with E-state index in [-0.39, 0.29) is 0 Å². The van der Waals surface area contributed by atoms with Crippen LogP contribution in [0.1, 0.15) is 51.0 Å². The van der Waals surface area contributed by atoms with Crippen molar-refractivity contribution in [2.45, 2.75) is 46.0 Å². The second-order valence-electron chi connectivity index (χ2n) is 4.00. The van der Waals surface area contributed by atoms with Gasteiger partial charge in [-0.2, -0.15) is 0 Å². The molecule has 1 aromatic rings. The lowest BCUT2D eigenvalue weighted by atomic mass is 10.1. The van der Waals surface area contributed by atoms with E-state index in [1.54, 1.807) is 0 Å². The van der Waals surface area contributed by atoms with E-state index in [0.29, 0.717) is 5.92 Å². The first kappa shape index (κ1) is 13.4. The fourth-order valence-corrected chi connectivity index (χ4v) is 2.06. The predicted octanol–water partition coefficient (Wildman–Crippen LogP) is 3.75. The van der Waals surface area contributed by atoms with Crippen molar-refractivity contribution < 1.29 is 0 Å². The van der Waals surface area contributed by atoms with Crippen LogP contribution < -0.4 is 5.32 Å². The van der Waals surface area contributed by atoms with Gasteiger partial charge in [-0.15, -0.1) is 0 Å². The molecule has 0 aliphatic heterocycles. The molecule has 0 spiro atoms. The molecule has 1 aromatic heterocycles. The molecule has 0 bridgehead atoms. The molecule has 0 saturated heterocycles. The first-order chi connectivity index (χ1) is 7.63. The van der Waals surface area contributed by atoms with Gasteiger partial charge in [-0.1, -0.05) is 27.2 Å². The van der Waals surface area contributed by atoms with Gasteiger partial charge >= 0.3 is 0 Å². The lowest BCUT2D eigenvalue weighted by molar-refractivity contribution is 0.668. The van der Waals surface area contributed by atoms with E-state index in [9.17, 15) is 0 Å². The standard InChI is InChI=1S/C12H20BrN3/c1-5-7-9-10(13)12(14-4)16-11(15-9)8(3)6-2/h8H,5-7H2,1-4H3,(H,14,15,16). The van der Waals surface area contributed by atoms with Crippen molar-refractivity contribution >= 4 is 21.7 Å². The smallest absolute Gasteiger partial charge is 0.144 e. The summed E-state index contributed by atoms with van der Waals surface area (Å²) in [6, 6.07) is 0. The van der Waals surface area contributed by atoms with E-state index in [2.05, 4.69) is 52.0 Å². The maximum Gasteiger partial charge on any atom is 0.144 e. The van der Waals surface area contributed by atoms with Crippen molar-refractivity contribution in [1.29, 1.82) is 0 Å². The van der Waals surface area contributed by atoms with Gasteiger partial charge in [-0.05, 0) is 28.8 Å². The fraction of sp³-hybridized carbons (Fsp3) is 0.667. The van der Waals surface area contributed by atoms with Crippen LogP contribution in [0.2, 0.25) is 0 Å². The average molecular weight is 286 g/mol. The van der Waals surface area contributed by atoms with Crippen LogP contribution >= 0.6 is 15.9 Å². The molecule has 0 radical (unpaired) electrons. The summed E-state index contributed by atoms with van der Waals surface area (Å²) >= 11 is 3.56. The number of nitrogens with one attached hydrogen (secondary N) is 1. The molecule has 0 amide bonds. The van der Waals surface area contributed by atoms with E-state index in [1.807, 2.05) is 7.05 Å². The van der Waals surface area contributed by atoms with E-state index in [4.69, 9.17) is 0 Å². The highest BCUT2D eigenvalue weighted by atomic mass is 79.9. The average Bonchev–Trinajstić information content (AvgIpc) is 2.31. The summed E-state index contributed by atoms with van der Waals surface area (Å²) < 4.78 is 1.00. The molecule has 3 nitrogen and oxygen atoms in total. The zero-order chi connectivity index (χ0) is 12.1. The van der Waals surface area contributed by atoms with Crippen molar-refractivity contribution in [3.05, 3.63) is 16.0 Å². The maximum atomic E-state index is 4.64. The molecule has 1 heterocycles. The van der Waals surface area contributed by atoms with Crippen LogP contribution in [-0.2, 0) is 6.42 Å². The molecule has 0 fully saturated rings. The van der Waals surface area contributed by atoms with Crippen molar-refractivity contribution in [2.75, 3.05) is 12.4 Å². The van der Waals surface area contributed by atoms with Gasteiger partial charge in [0.2, 0.25) is 0 Å². The molecule has 1 N–H and O–H groups in total. The largest absolute Gasteiger partial charge is 0.372 e. The number of aromatic nitrogens is 2. The van der Waals surface area contributed by atoms with Crippen LogP contribution in [0.15, 0.2) is 4.47 Å². The summed E-state index contributed by atoms with van der Waals surface area (Å²) in [7, 11) is 1.89. The Bertz CT molecular complexity index is 352. The number of anilines is 1. The SMILES string of the molecule is CCCc1nc(C(C)CC)nc(NC)c1Br. The normalized spacial score (nSPS) is 12.6. The molecule has 1 atom stereocenters. The van der Waals surface area contributed by atoms with Crippen molar-refractivity contribution in [2.24, 2.45) is 0 Å². The topological polar surface area (TPSA) is 37.8 Å². The molecule has 0 saturated carbocycles. The summed E-state index contributed by atoms with van der Waals surface area (Å²) in [5.41, 5.74) is 1.11. The molecular formula is C12H20BrN3. The minimum atomic E-state index is 0.413. The lowest BCUT2D eigenvalue weighted by Gasteiger charge is -2.13. The number of aryl methyl sites for hydroxylation is 1. The summed E-state index contributed by atoms with van der Waals surface area (Å²) in [4.78, 5) is 9.18. The Balaban J connectivity index is 3.17. The maximum absolute atomic E-state index is 4.64. The summed E-state index contributed by atoms with van der Waals surface area (Å²) in [6.45, 7) is 6.49. The number of halogens is 1. The number of nitrogens with zero attached hydrogens (tertiary/aromatic N) is 2. The highest BCUT2D eigenvalue weighted by molar-refractivity contribution is 9.10. The Morgan fingerprint density at radius 1 is 1.31 bits per heavy atom. The van der Waals surface area contributed by atoms with Crippen molar-refractivity contribution in [1.82, 2.24) is 9.97 Å². The van der Waals surface area contributed by atoms with Crippen LogP contribution in [-0.4, -0.2) is 17.0 Å². The Labute approximate surface area is 106 Å². The highest BCUT2D eigenvalue weighted by Crippen LogP contribution is 2.27. The summed E-state index contributed by atoms with van der Waals surface area (Å²) in [6.07, 6.45) is 3.15. The lowest BCUT2D eigenvalue weighted by Crippen LogP contribution is -2.08. The van der Waals surface area contributed by atoms with E-state index < -0.39 is 0 Å². The van der Waals surface area contributed by atoms with Crippen molar-refractivity contribution in [3.63, 3.8) is 0 Å². The van der Waals surface area contributed by atoms with Crippen LogP contribution in [0.4, 0.5) is 5.82 Å². The van der Waals surface area contributed by atoms with Gasteiger partial charge < -0.3 is 5.32 Å². The monoisotopic (exact) mass is 285 g/mol. The molecule has 1 unspecified atom stereocenters. The first-order valence-electron chi connectivity index (χ1n) is 5.88. The van der Waals surface area contributed by atoms with E-state index in [1.165, 1.54) is 0 Å². The minimum absolute atomic E-state index is 0.413. The van der Waals surface area contributed by atoms with Gasteiger partial charge in [0.1, 0.15) is 11.6 Å². The summed E-state index contributed by atoms with van der Waals surface area (Å²) in [5, 5.41) is 3.12. The van der Waals surface area contributed by atoms with E-state index in [0.717, 1.165) is 41.1 Å². The Morgan fingerprint density at radius 3 is 2.50 bits per heavy atom. The second kappa shape index (κ2) is 6.18. The molecule has 1 rings (SSSR count). The molecule has 0 aliphatic carbocycles. The Hall–Kier alpha value is -0.640. The first-order valence-corrected chi connectivity index (χ1v) is 6.67. The van der Waals surface area contributed by atoms with Crippen LogP contribution in [0.5, 0.6) is 0 Å². The third-order valence-corrected chi connectivity index (χ3v) is 3.55. The Kier molecular flexibility index (Phi) is 5.19.